The fourth-order valence-corrected chi connectivity index (χ4v) is 1.76. The highest BCUT2D eigenvalue weighted by molar-refractivity contribution is 6.03. The minimum atomic E-state index is -0.256. The molecule has 7 heteroatoms. The van der Waals surface area contributed by atoms with Crippen molar-refractivity contribution in [3.63, 3.8) is 0 Å². The standard InChI is InChI=1S/C12H17N5O2/c1-4-17-9(2)11(7-13-17)14-12(18)10-5-6-16(15-10)8-19-3/h5-7H,4,8H2,1-3H3,(H,14,18). The predicted molar refractivity (Wildman–Crippen MR) is 69.8 cm³/mol. The van der Waals surface area contributed by atoms with Crippen LogP contribution in [0.4, 0.5) is 5.69 Å². The molecular weight excluding hydrogens is 246 g/mol. The lowest BCUT2D eigenvalue weighted by Gasteiger charge is -2.03. The van der Waals surface area contributed by atoms with E-state index in [0.717, 1.165) is 12.2 Å². The zero-order chi connectivity index (χ0) is 13.8. The summed E-state index contributed by atoms with van der Waals surface area (Å²) in [5.41, 5.74) is 1.97. The number of hydrogen-bond donors (Lipinski definition) is 1. The lowest BCUT2D eigenvalue weighted by Crippen LogP contribution is -2.14. The molecule has 2 aromatic heterocycles. The van der Waals surface area contributed by atoms with E-state index in [1.54, 1.807) is 30.3 Å². The van der Waals surface area contributed by atoms with E-state index in [1.165, 1.54) is 0 Å². The van der Waals surface area contributed by atoms with Crippen LogP contribution in [0.2, 0.25) is 0 Å². The van der Waals surface area contributed by atoms with Crippen LogP contribution in [0, 0.1) is 6.92 Å². The Morgan fingerprint density at radius 2 is 2.32 bits per heavy atom. The molecule has 0 aliphatic carbocycles. The number of nitrogens with one attached hydrogen (secondary N) is 1. The maximum Gasteiger partial charge on any atom is 0.276 e. The molecule has 0 atom stereocenters. The van der Waals surface area contributed by atoms with Crippen LogP contribution in [0.15, 0.2) is 18.5 Å². The van der Waals surface area contributed by atoms with E-state index >= 15 is 0 Å². The van der Waals surface area contributed by atoms with Crippen molar-refractivity contribution in [2.75, 3.05) is 12.4 Å². The molecule has 2 heterocycles. The van der Waals surface area contributed by atoms with Crippen LogP contribution in [0.25, 0.3) is 0 Å². The van der Waals surface area contributed by atoms with Gasteiger partial charge in [0.05, 0.1) is 17.6 Å². The lowest BCUT2D eigenvalue weighted by molar-refractivity contribution is 0.101. The van der Waals surface area contributed by atoms with Crippen molar-refractivity contribution in [2.45, 2.75) is 27.1 Å². The number of aryl methyl sites for hydroxylation is 1. The van der Waals surface area contributed by atoms with Gasteiger partial charge in [-0.25, -0.2) is 4.68 Å². The molecule has 0 spiro atoms. The molecule has 7 nitrogen and oxygen atoms in total. The third kappa shape index (κ3) is 2.82. The smallest absolute Gasteiger partial charge is 0.276 e. The maximum absolute atomic E-state index is 12.0. The minimum absolute atomic E-state index is 0.256. The van der Waals surface area contributed by atoms with Gasteiger partial charge in [-0.2, -0.15) is 10.2 Å². The molecule has 0 saturated heterocycles. The number of anilines is 1. The van der Waals surface area contributed by atoms with Crippen molar-refractivity contribution >= 4 is 11.6 Å². The maximum atomic E-state index is 12.0. The predicted octanol–water partition coefficient (Wildman–Crippen LogP) is 1.26. The summed E-state index contributed by atoms with van der Waals surface area (Å²) >= 11 is 0. The zero-order valence-corrected chi connectivity index (χ0v) is 11.3. The number of amides is 1. The fraction of sp³-hybridized carbons (Fsp3) is 0.417. The average Bonchev–Trinajstić information content (AvgIpc) is 2.98. The van der Waals surface area contributed by atoms with E-state index in [9.17, 15) is 4.79 Å². The monoisotopic (exact) mass is 263 g/mol. The van der Waals surface area contributed by atoms with E-state index in [-0.39, 0.29) is 5.91 Å². The molecule has 0 aliphatic rings. The summed E-state index contributed by atoms with van der Waals surface area (Å²) in [4.78, 5) is 12.0. The van der Waals surface area contributed by atoms with Gasteiger partial charge in [-0.1, -0.05) is 0 Å². The molecule has 0 saturated carbocycles. The van der Waals surface area contributed by atoms with Gasteiger partial charge in [0.25, 0.3) is 5.91 Å². The van der Waals surface area contributed by atoms with E-state index < -0.39 is 0 Å². The van der Waals surface area contributed by atoms with Gasteiger partial charge < -0.3 is 10.1 Å². The van der Waals surface area contributed by atoms with E-state index in [4.69, 9.17) is 4.74 Å². The van der Waals surface area contributed by atoms with Gasteiger partial charge >= 0.3 is 0 Å². The highest BCUT2D eigenvalue weighted by Gasteiger charge is 2.13. The van der Waals surface area contributed by atoms with E-state index in [0.29, 0.717) is 18.1 Å². The first-order valence-electron chi connectivity index (χ1n) is 6.01. The molecule has 2 rings (SSSR count). The van der Waals surface area contributed by atoms with E-state index in [2.05, 4.69) is 15.5 Å². The number of aromatic nitrogens is 4. The fourth-order valence-electron chi connectivity index (χ4n) is 1.76. The van der Waals surface area contributed by atoms with Gasteiger partial charge in [0, 0.05) is 19.9 Å². The largest absolute Gasteiger partial charge is 0.362 e. The van der Waals surface area contributed by atoms with Crippen LogP contribution in [-0.2, 0) is 18.0 Å². The molecule has 0 bridgehead atoms. The molecule has 102 valence electrons. The minimum Gasteiger partial charge on any atom is -0.362 e. The number of rotatable bonds is 5. The lowest BCUT2D eigenvalue weighted by atomic mass is 10.3. The molecule has 19 heavy (non-hydrogen) atoms. The second-order valence-corrected chi connectivity index (χ2v) is 4.07. The van der Waals surface area contributed by atoms with Gasteiger partial charge in [-0.05, 0) is 19.9 Å². The van der Waals surface area contributed by atoms with Crippen LogP contribution in [0.5, 0.6) is 0 Å². The van der Waals surface area contributed by atoms with E-state index in [1.807, 2.05) is 18.5 Å². The summed E-state index contributed by atoms with van der Waals surface area (Å²) in [6, 6.07) is 1.65. The van der Waals surface area contributed by atoms with Gasteiger partial charge in [0.1, 0.15) is 6.73 Å². The van der Waals surface area contributed by atoms with Gasteiger partial charge in [-0.3, -0.25) is 9.48 Å². The van der Waals surface area contributed by atoms with Crippen molar-refractivity contribution < 1.29 is 9.53 Å². The number of nitrogens with zero attached hydrogens (tertiary/aromatic N) is 4. The third-order valence-electron chi connectivity index (χ3n) is 2.79. The number of methoxy groups -OCH3 is 1. The molecule has 0 aliphatic heterocycles. The van der Waals surface area contributed by atoms with Crippen LogP contribution >= 0.6 is 0 Å². The Bertz CT molecular complexity index is 572. The molecular formula is C12H17N5O2. The summed E-state index contributed by atoms with van der Waals surface area (Å²) in [6.07, 6.45) is 3.34. The third-order valence-corrected chi connectivity index (χ3v) is 2.79. The van der Waals surface area contributed by atoms with Crippen molar-refractivity contribution in [1.29, 1.82) is 0 Å². The highest BCUT2D eigenvalue weighted by Crippen LogP contribution is 2.14. The van der Waals surface area contributed by atoms with Crippen LogP contribution in [-0.4, -0.2) is 32.6 Å². The summed E-state index contributed by atoms with van der Waals surface area (Å²) in [6.45, 7) is 5.00. The summed E-state index contributed by atoms with van der Waals surface area (Å²) in [7, 11) is 1.57. The van der Waals surface area contributed by atoms with Gasteiger partial charge in [0.2, 0.25) is 0 Å². The van der Waals surface area contributed by atoms with Crippen LogP contribution < -0.4 is 5.32 Å². The Balaban J connectivity index is 2.09. The van der Waals surface area contributed by atoms with Crippen molar-refractivity contribution in [2.24, 2.45) is 0 Å². The summed E-state index contributed by atoms with van der Waals surface area (Å²) in [5.74, 6) is -0.256. The number of carbonyl (C=O) groups excluding carboxylic acids is 1. The Morgan fingerprint density at radius 1 is 1.53 bits per heavy atom. The number of ether oxygens (including phenoxy) is 1. The van der Waals surface area contributed by atoms with Crippen LogP contribution in [0.3, 0.4) is 0 Å². The Kier molecular flexibility index (Phi) is 3.96. The molecule has 1 N–H and O–H groups in total. The summed E-state index contributed by atoms with van der Waals surface area (Å²) in [5, 5.41) is 11.1. The second kappa shape index (κ2) is 5.66. The molecule has 2 aromatic rings. The molecule has 1 amide bonds. The van der Waals surface area contributed by atoms with Crippen molar-refractivity contribution in [3.05, 3.63) is 29.8 Å². The Morgan fingerprint density at radius 3 is 2.95 bits per heavy atom. The van der Waals surface area contributed by atoms with Gasteiger partial charge in [0.15, 0.2) is 5.69 Å². The van der Waals surface area contributed by atoms with Crippen molar-refractivity contribution in [1.82, 2.24) is 19.6 Å². The number of hydrogen-bond acceptors (Lipinski definition) is 4. The topological polar surface area (TPSA) is 74.0 Å². The zero-order valence-electron chi connectivity index (χ0n) is 11.3. The average molecular weight is 263 g/mol. The first kappa shape index (κ1) is 13.3. The van der Waals surface area contributed by atoms with Crippen molar-refractivity contribution in [3.8, 4) is 0 Å². The summed E-state index contributed by atoms with van der Waals surface area (Å²) < 4.78 is 8.30. The normalized spacial score (nSPS) is 10.7. The first-order valence-corrected chi connectivity index (χ1v) is 6.01. The molecule has 0 unspecified atom stereocenters. The Hall–Kier alpha value is -2.15. The second-order valence-electron chi connectivity index (χ2n) is 4.07. The molecule has 0 aromatic carbocycles. The van der Waals surface area contributed by atoms with Gasteiger partial charge in [-0.15, -0.1) is 0 Å². The quantitative estimate of drug-likeness (QED) is 0.881. The molecule has 0 fully saturated rings. The Labute approximate surface area is 111 Å². The van der Waals surface area contributed by atoms with Crippen LogP contribution in [0.1, 0.15) is 23.1 Å². The SMILES string of the molecule is CCn1ncc(NC(=O)c2ccn(COC)n2)c1C. The first-order chi connectivity index (χ1) is 9.15. The highest BCUT2D eigenvalue weighted by atomic mass is 16.5. The number of carbonyl (C=O) groups is 1. The molecule has 0 radical (unpaired) electrons.